The zero-order valence-corrected chi connectivity index (χ0v) is 11.0. The maximum atomic E-state index is 5.29. The van der Waals surface area contributed by atoms with Gasteiger partial charge in [0.2, 0.25) is 0 Å². The minimum atomic E-state index is 0.555. The number of benzene rings is 1. The molecule has 2 rings (SSSR count). The molecule has 96 valence electrons. The molecular weight excluding hydrogens is 228 g/mol. The highest BCUT2D eigenvalue weighted by atomic mass is 16.5. The highest BCUT2D eigenvalue weighted by Gasteiger charge is 2.12. The van der Waals surface area contributed by atoms with E-state index in [1.807, 2.05) is 31.3 Å². The molecule has 0 aliphatic rings. The smallest absolute Gasteiger partial charge is 0.266 e. The van der Waals surface area contributed by atoms with Crippen LogP contribution in [0.15, 0.2) is 28.8 Å². The van der Waals surface area contributed by atoms with Crippen molar-refractivity contribution in [3.8, 4) is 11.5 Å². The Balaban J connectivity index is 2.23. The van der Waals surface area contributed by atoms with Crippen molar-refractivity contribution in [3.63, 3.8) is 0 Å². The highest BCUT2D eigenvalue weighted by molar-refractivity contribution is 5.59. The van der Waals surface area contributed by atoms with Crippen LogP contribution < -0.4 is 10.2 Å². The molecular formula is C13H18N4O. The maximum absolute atomic E-state index is 5.29. The van der Waals surface area contributed by atoms with Gasteiger partial charge in [0.05, 0.1) is 0 Å². The summed E-state index contributed by atoms with van der Waals surface area (Å²) in [5.74, 6) is 1.20. The van der Waals surface area contributed by atoms with Gasteiger partial charge in [-0.25, -0.2) is 0 Å². The van der Waals surface area contributed by atoms with Crippen molar-refractivity contribution in [1.29, 1.82) is 0 Å². The lowest BCUT2D eigenvalue weighted by Gasteiger charge is -2.14. The van der Waals surface area contributed by atoms with E-state index in [2.05, 4.69) is 34.2 Å². The van der Waals surface area contributed by atoms with Crippen LogP contribution >= 0.6 is 0 Å². The monoisotopic (exact) mass is 246 g/mol. The van der Waals surface area contributed by atoms with Crippen LogP contribution in [0.25, 0.3) is 11.5 Å². The summed E-state index contributed by atoms with van der Waals surface area (Å²) in [7, 11) is 1.89. The van der Waals surface area contributed by atoms with Crippen LogP contribution in [0.2, 0.25) is 0 Å². The average Bonchev–Trinajstić information content (AvgIpc) is 2.90. The van der Waals surface area contributed by atoms with E-state index >= 15 is 0 Å². The Morgan fingerprint density at radius 3 is 2.39 bits per heavy atom. The number of nitrogens with one attached hydrogen (secondary N) is 1. The normalized spacial score (nSPS) is 10.4. The van der Waals surface area contributed by atoms with Gasteiger partial charge in [0.1, 0.15) is 0 Å². The summed E-state index contributed by atoms with van der Waals surface area (Å²) >= 11 is 0. The first-order valence-corrected chi connectivity index (χ1v) is 6.15. The molecule has 2 aromatic rings. The molecule has 5 nitrogen and oxygen atoms in total. The van der Waals surface area contributed by atoms with Crippen LogP contribution in [0.4, 0.5) is 11.6 Å². The van der Waals surface area contributed by atoms with Crippen LogP contribution in [0, 0.1) is 0 Å². The third kappa shape index (κ3) is 2.45. The van der Waals surface area contributed by atoms with Gasteiger partial charge >= 0.3 is 0 Å². The standard InChI is InChI=1S/C13H18N4O/c1-4-17(5-2)13-15-12(18-16-13)10-6-8-11(14-3)9-7-10/h6-9,14H,4-5H2,1-3H3. The second-order valence-electron chi connectivity index (χ2n) is 3.90. The molecule has 0 radical (unpaired) electrons. The lowest BCUT2D eigenvalue weighted by Crippen LogP contribution is -2.22. The van der Waals surface area contributed by atoms with Crippen molar-refractivity contribution in [2.75, 3.05) is 30.4 Å². The first-order valence-electron chi connectivity index (χ1n) is 6.15. The van der Waals surface area contributed by atoms with Crippen LogP contribution in [0.1, 0.15) is 13.8 Å². The predicted molar refractivity (Wildman–Crippen MR) is 72.8 cm³/mol. The number of aromatic nitrogens is 2. The Morgan fingerprint density at radius 1 is 1.17 bits per heavy atom. The van der Waals surface area contributed by atoms with E-state index in [0.29, 0.717) is 11.8 Å². The zero-order chi connectivity index (χ0) is 13.0. The molecule has 0 fully saturated rings. The lowest BCUT2D eigenvalue weighted by atomic mass is 10.2. The quantitative estimate of drug-likeness (QED) is 0.879. The van der Waals surface area contributed by atoms with Crippen LogP contribution in [-0.4, -0.2) is 30.3 Å². The number of anilines is 2. The summed E-state index contributed by atoms with van der Waals surface area (Å²) in [6.45, 7) is 5.88. The van der Waals surface area contributed by atoms with Gasteiger partial charge in [0.25, 0.3) is 11.8 Å². The van der Waals surface area contributed by atoms with E-state index in [1.54, 1.807) is 0 Å². The van der Waals surface area contributed by atoms with Crippen molar-refractivity contribution in [2.45, 2.75) is 13.8 Å². The van der Waals surface area contributed by atoms with E-state index in [9.17, 15) is 0 Å². The van der Waals surface area contributed by atoms with Crippen molar-refractivity contribution in [3.05, 3.63) is 24.3 Å². The molecule has 0 aliphatic heterocycles. The fraction of sp³-hybridized carbons (Fsp3) is 0.385. The predicted octanol–water partition coefficient (Wildman–Crippen LogP) is 2.62. The molecule has 0 aliphatic carbocycles. The molecule has 0 amide bonds. The SMILES string of the molecule is CCN(CC)c1noc(-c2ccc(NC)cc2)n1. The molecule has 0 spiro atoms. The van der Waals surface area contributed by atoms with E-state index in [-0.39, 0.29) is 0 Å². The largest absolute Gasteiger partial charge is 0.388 e. The molecule has 0 bridgehead atoms. The highest BCUT2D eigenvalue weighted by Crippen LogP contribution is 2.21. The fourth-order valence-corrected chi connectivity index (χ4v) is 1.75. The summed E-state index contributed by atoms with van der Waals surface area (Å²) in [5.41, 5.74) is 1.99. The number of hydrogen-bond donors (Lipinski definition) is 1. The second kappa shape index (κ2) is 5.53. The fourth-order valence-electron chi connectivity index (χ4n) is 1.75. The molecule has 5 heteroatoms. The minimum Gasteiger partial charge on any atom is -0.388 e. The molecule has 1 N–H and O–H groups in total. The third-order valence-electron chi connectivity index (χ3n) is 2.88. The van der Waals surface area contributed by atoms with Gasteiger partial charge in [0, 0.05) is 31.4 Å². The minimum absolute atomic E-state index is 0.555. The van der Waals surface area contributed by atoms with E-state index in [0.717, 1.165) is 24.3 Å². The van der Waals surface area contributed by atoms with Gasteiger partial charge in [0.15, 0.2) is 0 Å². The molecule has 0 saturated heterocycles. The van der Waals surface area contributed by atoms with Gasteiger partial charge in [-0.1, -0.05) is 0 Å². The Hall–Kier alpha value is -2.04. The van der Waals surface area contributed by atoms with Crippen molar-refractivity contribution >= 4 is 11.6 Å². The summed E-state index contributed by atoms with van der Waals surface area (Å²) in [6, 6.07) is 7.89. The van der Waals surface area contributed by atoms with Gasteiger partial charge in [-0.3, -0.25) is 0 Å². The van der Waals surface area contributed by atoms with Crippen molar-refractivity contribution < 1.29 is 4.52 Å². The lowest BCUT2D eigenvalue weighted by molar-refractivity contribution is 0.429. The van der Waals surface area contributed by atoms with E-state index in [4.69, 9.17) is 4.52 Å². The molecule has 18 heavy (non-hydrogen) atoms. The second-order valence-corrected chi connectivity index (χ2v) is 3.90. The third-order valence-corrected chi connectivity index (χ3v) is 2.88. The summed E-state index contributed by atoms with van der Waals surface area (Å²) in [4.78, 5) is 6.46. The number of nitrogens with zero attached hydrogens (tertiary/aromatic N) is 3. The summed E-state index contributed by atoms with van der Waals surface area (Å²) in [5, 5.41) is 7.07. The molecule has 1 aromatic heterocycles. The summed E-state index contributed by atoms with van der Waals surface area (Å²) in [6.07, 6.45) is 0. The van der Waals surface area contributed by atoms with Crippen molar-refractivity contribution in [2.24, 2.45) is 0 Å². The Kier molecular flexibility index (Phi) is 3.82. The molecule has 0 atom stereocenters. The van der Waals surface area contributed by atoms with Crippen molar-refractivity contribution in [1.82, 2.24) is 10.1 Å². The maximum Gasteiger partial charge on any atom is 0.266 e. The zero-order valence-electron chi connectivity index (χ0n) is 11.0. The van der Waals surface area contributed by atoms with Gasteiger partial charge in [-0.15, -0.1) is 0 Å². The first-order chi connectivity index (χ1) is 8.78. The topological polar surface area (TPSA) is 54.2 Å². The van der Waals surface area contributed by atoms with Gasteiger partial charge in [-0.2, -0.15) is 4.98 Å². The molecule has 1 aromatic carbocycles. The van der Waals surface area contributed by atoms with Crippen LogP contribution in [0.5, 0.6) is 0 Å². The van der Waals surface area contributed by atoms with Crippen LogP contribution in [0.3, 0.4) is 0 Å². The Labute approximate surface area is 107 Å². The van der Waals surface area contributed by atoms with E-state index < -0.39 is 0 Å². The first kappa shape index (κ1) is 12.4. The van der Waals surface area contributed by atoms with Gasteiger partial charge < -0.3 is 14.7 Å². The van der Waals surface area contributed by atoms with E-state index in [1.165, 1.54) is 0 Å². The number of rotatable bonds is 5. The van der Waals surface area contributed by atoms with Crippen LogP contribution in [-0.2, 0) is 0 Å². The summed E-state index contributed by atoms with van der Waals surface area (Å²) < 4.78 is 5.29. The van der Waals surface area contributed by atoms with Gasteiger partial charge in [-0.05, 0) is 43.3 Å². The molecule has 0 saturated carbocycles. The number of hydrogen-bond acceptors (Lipinski definition) is 5. The molecule has 0 unspecified atom stereocenters. The average molecular weight is 246 g/mol. The Morgan fingerprint density at radius 2 is 1.83 bits per heavy atom. The Bertz CT molecular complexity index is 488. The molecule has 1 heterocycles.